The van der Waals surface area contributed by atoms with Gasteiger partial charge in [-0.1, -0.05) is 12.1 Å². The molecule has 0 saturated carbocycles. The zero-order chi connectivity index (χ0) is 20.8. The largest absolute Gasteiger partial charge is 0.494 e. The van der Waals surface area contributed by atoms with E-state index in [9.17, 15) is 8.42 Å². The van der Waals surface area contributed by atoms with Gasteiger partial charge < -0.3 is 18.9 Å². The number of H-pyrrole nitrogens is 2. The van der Waals surface area contributed by atoms with E-state index >= 15 is 0 Å². The Kier molecular flexibility index (Phi) is 4.58. The second kappa shape index (κ2) is 6.97. The first-order valence-corrected chi connectivity index (χ1v) is 10.8. The molecule has 29 heavy (non-hydrogen) atoms. The van der Waals surface area contributed by atoms with Crippen LogP contribution in [0.2, 0.25) is 0 Å². The molecule has 0 aliphatic carbocycles. The van der Waals surface area contributed by atoms with Crippen LogP contribution < -0.4 is 26.0 Å². The molecule has 4 rings (SSSR count). The second-order valence-electron chi connectivity index (χ2n) is 6.95. The van der Waals surface area contributed by atoms with Crippen LogP contribution in [0.5, 0.6) is 5.75 Å². The first-order chi connectivity index (χ1) is 13.7. The van der Waals surface area contributed by atoms with Crippen molar-refractivity contribution in [1.29, 1.82) is 0 Å². The summed E-state index contributed by atoms with van der Waals surface area (Å²) in [5.74, 6) is 0.814. The number of aromatic nitrogens is 2. The van der Waals surface area contributed by atoms with Gasteiger partial charge in [0.15, 0.2) is 5.76 Å². The number of hydrogen-bond acceptors (Lipinski definition) is 5. The van der Waals surface area contributed by atoms with Gasteiger partial charge in [0.25, 0.3) is 0 Å². The Balaban J connectivity index is 2.00. The fraction of sp³-hybridized carbons (Fsp3) is 0.190. The number of benzene rings is 1. The molecule has 7 nitrogen and oxygen atoms in total. The summed E-state index contributed by atoms with van der Waals surface area (Å²) in [6.45, 7) is 4.02. The monoisotopic (exact) mass is 411 g/mol. The van der Waals surface area contributed by atoms with Gasteiger partial charge in [-0.3, -0.25) is 0 Å². The molecule has 0 unspecified atom stereocenters. The Hall–Kier alpha value is -3.26. The smallest absolute Gasteiger partial charge is 0.306 e. The van der Waals surface area contributed by atoms with Crippen molar-refractivity contribution in [1.82, 2.24) is 9.97 Å². The number of ether oxygens (including phenoxy) is 1. The highest BCUT2D eigenvalue weighted by Gasteiger charge is 2.20. The molecule has 1 aromatic carbocycles. The number of aryl methyl sites for hydroxylation is 2. The summed E-state index contributed by atoms with van der Waals surface area (Å²) in [4.78, 5) is 11.2. The summed E-state index contributed by atoms with van der Waals surface area (Å²) in [5, 5.41) is 2.62. The zero-order valence-electron chi connectivity index (χ0n) is 16.5. The fourth-order valence-electron chi connectivity index (χ4n) is 3.38. The van der Waals surface area contributed by atoms with Gasteiger partial charge in [0.2, 0.25) is 0 Å². The fourth-order valence-corrected chi connectivity index (χ4v) is 3.85. The van der Waals surface area contributed by atoms with Crippen molar-refractivity contribution < 1.29 is 17.3 Å². The Bertz CT molecular complexity index is 1460. The van der Waals surface area contributed by atoms with Crippen LogP contribution in [0.3, 0.4) is 0 Å². The molecule has 3 aromatic rings. The molecule has 2 N–H and O–H groups in total. The lowest BCUT2D eigenvalue weighted by atomic mass is 10.2. The van der Waals surface area contributed by atoms with Crippen molar-refractivity contribution in [2.75, 3.05) is 13.4 Å². The summed E-state index contributed by atoms with van der Waals surface area (Å²) < 4.78 is 34.5. The predicted octanol–water partition coefficient (Wildman–Crippen LogP) is 0.323. The molecule has 0 bridgehead atoms. The lowest BCUT2D eigenvalue weighted by molar-refractivity contribution is 0.412. The van der Waals surface area contributed by atoms with Gasteiger partial charge in [-0.05, 0) is 43.7 Å². The van der Waals surface area contributed by atoms with Gasteiger partial charge in [0.05, 0.1) is 29.4 Å². The van der Waals surface area contributed by atoms with Crippen LogP contribution in [0.15, 0.2) is 41.4 Å². The maximum absolute atomic E-state index is 11.8. The molecule has 0 radical (unpaired) electrons. The third kappa shape index (κ3) is 3.71. The highest BCUT2D eigenvalue weighted by molar-refractivity contribution is 7.86. The van der Waals surface area contributed by atoms with Gasteiger partial charge in [0.1, 0.15) is 11.4 Å². The summed E-state index contributed by atoms with van der Waals surface area (Å²) in [5.41, 5.74) is 3.54. The summed E-state index contributed by atoms with van der Waals surface area (Å²) in [6.07, 6.45) is 2.97. The molecule has 150 valence electrons. The molecule has 0 spiro atoms. The second-order valence-corrected chi connectivity index (χ2v) is 8.53. The van der Waals surface area contributed by atoms with Crippen molar-refractivity contribution in [3.8, 4) is 5.75 Å². The lowest BCUT2D eigenvalue weighted by Crippen LogP contribution is -2.23. The Labute approximate surface area is 167 Å². The lowest BCUT2D eigenvalue weighted by Gasteiger charge is -2.04. The summed E-state index contributed by atoms with van der Waals surface area (Å²) >= 11 is 0. The summed E-state index contributed by atoms with van der Waals surface area (Å²) in [6, 6.07) is 11.1. The number of hydrogen-bond donors (Lipinski definition) is 2. The first kappa shape index (κ1) is 19.1. The van der Waals surface area contributed by atoms with E-state index in [1.54, 1.807) is 19.2 Å². The maximum Gasteiger partial charge on any atom is 0.306 e. The Morgan fingerprint density at radius 1 is 1.10 bits per heavy atom. The van der Waals surface area contributed by atoms with Crippen molar-refractivity contribution in [2.24, 2.45) is 4.99 Å². The number of methoxy groups -OCH3 is 1. The van der Waals surface area contributed by atoms with Crippen LogP contribution in [0.1, 0.15) is 17.0 Å². The number of fused-ring (bicyclic) bond motifs is 1. The molecule has 3 heterocycles. The number of aromatic amines is 2. The van der Waals surface area contributed by atoms with Crippen molar-refractivity contribution in [3.05, 3.63) is 74.6 Å². The van der Waals surface area contributed by atoms with Gasteiger partial charge >= 0.3 is 10.1 Å². The van der Waals surface area contributed by atoms with Crippen LogP contribution in [0, 0.1) is 13.8 Å². The predicted molar refractivity (Wildman–Crippen MR) is 110 cm³/mol. The van der Waals surface area contributed by atoms with Crippen LogP contribution in [-0.2, 0) is 14.3 Å². The SMILES string of the molecule is COc1cc(=C2N=c3ccccc3=C2OS(C)(=O)=O)[nH]/c1=C\c1[nH]c(C)cc1C. The first-order valence-electron chi connectivity index (χ1n) is 8.98. The third-order valence-corrected chi connectivity index (χ3v) is 5.06. The molecule has 1 aliphatic heterocycles. The van der Waals surface area contributed by atoms with Gasteiger partial charge in [-0.25, -0.2) is 4.99 Å². The molecule has 0 amide bonds. The molecule has 1 aliphatic rings. The quantitative estimate of drug-likeness (QED) is 0.605. The van der Waals surface area contributed by atoms with E-state index < -0.39 is 10.1 Å². The number of nitrogens with one attached hydrogen (secondary N) is 2. The maximum atomic E-state index is 11.8. The van der Waals surface area contributed by atoms with E-state index in [0.717, 1.165) is 28.6 Å². The van der Waals surface area contributed by atoms with Crippen LogP contribution in [0.25, 0.3) is 17.5 Å². The Morgan fingerprint density at radius 3 is 2.52 bits per heavy atom. The Morgan fingerprint density at radius 2 is 1.86 bits per heavy atom. The zero-order valence-corrected chi connectivity index (χ0v) is 17.3. The van der Waals surface area contributed by atoms with E-state index in [0.29, 0.717) is 27.4 Å². The molecular formula is C21H21N3O4S. The number of rotatable bonds is 4. The minimum absolute atomic E-state index is 0.199. The van der Waals surface area contributed by atoms with E-state index in [-0.39, 0.29) is 5.76 Å². The molecule has 2 aromatic heterocycles. The van der Waals surface area contributed by atoms with Crippen LogP contribution in [-0.4, -0.2) is 31.8 Å². The number of para-hydroxylation sites is 1. The highest BCUT2D eigenvalue weighted by atomic mass is 32.2. The van der Waals surface area contributed by atoms with Crippen molar-refractivity contribution >= 4 is 27.7 Å². The molecular weight excluding hydrogens is 390 g/mol. The van der Waals surface area contributed by atoms with Crippen LogP contribution in [0.4, 0.5) is 0 Å². The van der Waals surface area contributed by atoms with E-state index in [4.69, 9.17) is 8.92 Å². The molecule has 8 heteroatoms. The highest BCUT2D eigenvalue weighted by Crippen LogP contribution is 2.18. The van der Waals surface area contributed by atoms with E-state index in [1.165, 1.54) is 0 Å². The average Bonchev–Trinajstić information content (AvgIpc) is 3.30. The van der Waals surface area contributed by atoms with Gasteiger partial charge in [0, 0.05) is 22.7 Å². The van der Waals surface area contributed by atoms with E-state index in [1.807, 2.05) is 38.1 Å². The number of nitrogens with zero attached hydrogens (tertiary/aromatic N) is 1. The van der Waals surface area contributed by atoms with Crippen molar-refractivity contribution in [2.45, 2.75) is 13.8 Å². The minimum atomic E-state index is -3.73. The molecule has 0 saturated heterocycles. The minimum Gasteiger partial charge on any atom is -0.494 e. The van der Waals surface area contributed by atoms with Gasteiger partial charge in [-0.2, -0.15) is 8.42 Å². The standard InChI is InChI=1S/C21H21N3O4S/c1-12-9-13(2)22-16(12)10-17-19(27-3)11-18(23-17)20-21(28-29(4,25)26)14-7-5-6-8-15(14)24-20/h5-11,22-23H,1-4H3/b17-10-,20-18?. The van der Waals surface area contributed by atoms with Crippen LogP contribution >= 0.6 is 0 Å². The summed E-state index contributed by atoms with van der Waals surface area (Å²) in [7, 11) is -2.14. The molecule has 0 atom stereocenters. The topological polar surface area (TPSA) is 96.5 Å². The van der Waals surface area contributed by atoms with Gasteiger partial charge in [-0.15, -0.1) is 0 Å². The third-order valence-electron chi connectivity index (χ3n) is 4.59. The van der Waals surface area contributed by atoms with E-state index in [2.05, 4.69) is 21.0 Å². The normalized spacial score (nSPS) is 16.0. The average molecular weight is 411 g/mol. The molecule has 0 fully saturated rings. The van der Waals surface area contributed by atoms with Crippen molar-refractivity contribution in [3.63, 3.8) is 0 Å².